The number of carbonyl (C=O) groups excluding carboxylic acids is 1. The summed E-state index contributed by atoms with van der Waals surface area (Å²) < 4.78 is 5.41. The highest BCUT2D eigenvalue weighted by atomic mass is 32.1. The lowest BCUT2D eigenvalue weighted by Crippen LogP contribution is -2.22. The Labute approximate surface area is 126 Å². The number of hydrogen-bond acceptors (Lipinski definition) is 4. The van der Waals surface area contributed by atoms with Gasteiger partial charge in [0.1, 0.15) is 11.5 Å². The molecule has 0 unspecified atom stereocenters. The molecule has 0 spiro atoms. The maximum Gasteiger partial charge on any atom is 0.272 e. The molecule has 0 saturated heterocycles. The summed E-state index contributed by atoms with van der Waals surface area (Å²) in [5.41, 5.74) is 1.23. The summed E-state index contributed by atoms with van der Waals surface area (Å²) in [5, 5.41) is 9.74. The molecule has 3 heterocycles. The Bertz CT molecular complexity index is 769. The average Bonchev–Trinajstić information content (AvgIpc) is 3.16. The SMILES string of the molecule is Cc1ccc(CNC(=O)c2cc(-c3ccc(C)s3)[nH]n2)o1. The quantitative estimate of drug-likeness (QED) is 0.777. The fourth-order valence-corrected chi connectivity index (χ4v) is 2.82. The number of aromatic amines is 1. The van der Waals surface area contributed by atoms with Gasteiger partial charge in [-0.15, -0.1) is 11.3 Å². The van der Waals surface area contributed by atoms with Crippen molar-refractivity contribution < 1.29 is 9.21 Å². The Morgan fingerprint density at radius 1 is 1.33 bits per heavy atom. The van der Waals surface area contributed by atoms with Gasteiger partial charge in [-0.3, -0.25) is 9.89 Å². The molecule has 5 nitrogen and oxygen atoms in total. The van der Waals surface area contributed by atoms with Gasteiger partial charge >= 0.3 is 0 Å². The van der Waals surface area contributed by atoms with E-state index in [1.54, 1.807) is 17.4 Å². The number of carbonyl (C=O) groups is 1. The predicted octanol–water partition coefficient (Wildman–Crippen LogP) is 3.28. The number of aryl methyl sites for hydroxylation is 2. The van der Waals surface area contributed by atoms with Crippen molar-refractivity contribution in [2.24, 2.45) is 0 Å². The van der Waals surface area contributed by atoms with Crippen molar-refractivity contribution in [1.29, 1.82) is 0 Å². The molecular formula is C15H15N3O2S. The zero-order chi connectivity index (χ0) is 14.8. The second-order valence-corrected chi connectivity index (χ2v) is 6.06. The number of H-pyrrole nitrogens is 1. The molecule has 1 amide bonds. The molecule has 6 heteroatoms. The smallest absolute Gasteiger partial charge is 0.272 e. The second-order valence-electron chi connectivity index (χ2n) is 4.77. The molecule has 0 radical (unpaired) electrons. The third-order valence-electron chi connectivity index (χ3n) is 3.04. The summed E-state index contributed by atoms with van der Waals surface area (Å²) in [6.45, 7) is 4.27. The van der Waals surface area contributed by atoms with Crippen LogP contribution in [0.1, 0.15) is 26.9 Å². The molecule has 0 aromatic carbocycles. The summed E-state index contributed by atoms with van der Waals surface area (Å²) in [7, 11) is 0. The number of aromatic nitrogens is 2. The van der Waals surface area contributed by atoms with Crippen molar-refractivity contribution in [3.8, 4) is 10.6 Å². The van der Waals surface area contributed by atoms with Gasteiger partial charge in [-0.25, -0.2) is 0 Å². The Morgan fingerprint density at radius 3 is 2.86 bits per heavy atom. The third kappa shape index (κ3) is 3.05. The van der Waals surface area contributed by atoms with Gasteiger partial charge in [-0.05, 0) is 44.2 Å². The minimum Gasteiger partial charge on any atom is -0.465 e. The number of rotatable bonds is 4. The largest absolute Gasteiger partial charge is 0.465 e. The molecule has 3 aromatic heterocycles. The highest BCUT2D eigenvalue weighted by molar-refractivity contribution is 7.15. The van der Waals surface area contributed by atoms with Crippen LogP contribution >= 0.6 is 11.3 Å². The number of hydrogen-bond donors (Lipinski definition) is 2. The minimum absolute atomic E-state index is 0.222. The minimum atomic E-state index is -0.222. The van der Waals surface area contributed by atoms with Gasteiger partial charge < -0.3 is 9.73 Å². The lowest BCUT2D eigenvalue weighted by atomic mass is 10.3. The standard InChI is InChI=1S/C15H15N3O2S/c1-9-3-5-11(20-9)8-16-15(19)13-7-12(17-18-13)14-6-4-10(2)21-14/h3-7H,8H2,1-2H3,(H,16,19)(H,17,18). The van der Waals surface area contributed by atoms with Crippen LogP contribution in [0.2, 0.25) is 0 Å². The molecular weight excluding hydrogens is 286 g/mol. The van der Waals surface area contributed by atoms with E-state index in [-0.39, 0.29) is 5.91 Å². The van der Waals surface area contributed by atoms with Crippen molar-refractivity contribution in [3.63, 3.8) is 0 Å². The Kier molecular flexibility index (Phi) is 3.62. The zero-order valence-electron chi connectivity index (χ0n) is 11.8. The van der Waals surface area contributed by atoms with Crippen LogP contribution < -0.4 is 5.32 Å². The molecule has 0 fully saturated rings. The Hall–Kier alpha value is -2.34. The van der Waals surface area contributed by atoms with Crippen LogP contribution in [0.25, 0.3) is 10.6 Å². The van der Waals surface area contributed by atoms with Gasteiger partial charge in [0, 0.05) is 4.88 Å². The fraction of sp³-hybridized carbons (Fsp3) is 0.200. The Morgan fingerprint density at radius 2 is 2.19 bits per heavy atom. The van der Waals surface area contributed by atoms with Crippen LogP contribution in [-0.2, 0) is 6.54 Å². The van der Waals surface area contributed by atoms with Crippen LogP contribution in [0.5, 0.6) is 0 Å². The van der Waals surface area contributed by atoms with Crippen molar-refractivity contribution in [1.82, 2.24) is 15.5 Å². The molecule has 0 aliphatic rings. The summed E-state index contributed by atoms with van der Waals surface area (Å²) in [6.07, 6.45) is 0. The summed E-state index contributed by atoms with van der Waals surface area (Å²) in [5.74, 6) is 1.33. The first-order valence-electron chi connectivity index (χ1n) is 6.57. The van der Waals surface area contributed by atoms with E-state index in [0.29, 0.717) is 12.2 Å². The fourth-order valence-electron chi connectivity index (χ4n) is 1.98. The monoisotopic (exact) mass is 301 g/mol. The van der Waals surface area contributed by atoms with Gasteiger partial charge in [-0.2, -0.15) is 5.10 Å². The molecule has 0 saturated carbocycles. The molecule has 0 bridgehead atoms. The zero-order valence-corrected chi connectivity index (χ0v) is 12.6. The molecule has 0 aliphatic carbocycles. The molecule has 108 valence electrons. The maximum atomic E-state index is 12.0. The first-order chi connectivity index (χ1) is 10.1. The number of amides is 1. The van der Waals surface area contributed by atoms with Crippen LogP contribution in [0.4, 0.5) is 0 Å². The van der Waals surface area contributed by atoms with E-state index < -0.39 is 0 Å². The number of thiophene rings is 1. The maximum absolute atomic E-state index is 12.0. The van der Waals surface area contributed by atoms with Crippen molar-refractivity contribution in [2.75, 3.05) is 0 Å². The highest BCUT2D eigenvalue weighted by Crippen LogP contribution is 2.26. The van der Waals surface area contributed by atoms with Crippen molar-refractivity contribution >= 4 is 17.2 Å². The van der Waals surface area contributed by atoms with Crippen LogP contribution in [-0.4, -0.2) is 16.1 Å². The Balaban J connectivity index is 1.66. The van der Waals surface area contributed by atoms with Crippen LogP contribution in [0.3, 0.4) is 0 Å². The molecule has 0 atom stereocenters. The highest BCUT2D eigenvalue weighted by Gasteiger charge is 2.12. The summed E-state index contributed by atoms with van der Waals surface area (Å²) in [6, 6.07) is 9.53. The van der Waals surface area contributed by atoms with E-state index >= 15 is 0 Å². The van der Waals surface area contributed by atoms with E-state index in [0.717, 1.165) is 22.1 Å². The number of nitrogens with zero attached hydrogens (tertiary/aromatic N) is 1. The van der Waals surface area contributed by atoms with Gasteiger partial charge in [-0.1, -0.05) is 0 Å². The van der Waals surface area contributed by atoms with Crippen LogP contribution in [0, 0.1) is 13.8 Å². The van der Waals surface area contributed by atoms with E-state index in [4.69, 9.17) is 4.42 Å². The summed E-state index contributed by atoms with van der Waals surface area (Å²) in [4.78, 5) is 14.3. The number of furan rings is 1. The molecule has 3 rings (SSSR count). The topological polar surface area (TPSA) is 70.9 Å². The van der Waals surface area contributed by atoms with Crippen molar-refractivity contribution in [2.45, 2.75) is 20.4 Å². The van der Waals surface area contributed by atoms with Gasteiger partial charge in [0.2, 0.25) is 0 Å². The van der Waals surface area contributed by atoms with E-state index in [9.17, 15) is 4.79 Å². The first kappa shape index (κ1) is 13.6. The van der Waals surface area contributed by atoms with Gasteiger partial charge in [0.05, 0.1) is 17.1 Å². The number of nitrogens with one attached hydrogen (secondary N) is 2. The second kappa shape index (κ2) is 5.57. The molecule has 21 heavy (non-hydrogen) atoms. The predicted molar refractivity (Wildman–Crippen MR) is 81.3 cm³/mol. The normalized spacial score (nSPS) is 10.8. The summed E-state index contributed by atoms with van der Waals surface area (Å²) >= 11 is 1.66. The molecule has 0 aliphatic heterocycles. The lowest BCUT2D eigenvalue weighted by Gasteiger charge is -1.99. The van der Waals surface area contributed by atoms with E-state index in [1.807, 2.05) is 38.1 Å². The molecule has 3 aromatic rings. The lowest BCUT2D eigenvalue weighted by molar-refractivity contribution is 0.0943. The first-order valence-corrected chi connectivity index (χ1v) is 7.39. The van der Waals surface area contributed by atoms with Crippen LogP contribution in [0.15, 0.2) is 34.7 Å². The van der Waals surface area contributed by atoms with E-state index in [2.05, 4.69) is 15.5 Å². The molecule has 2 N–H and O–H groups in total. The van der Waals surface area contributed by atoms with Gasteiger partial charge in [0.15, 0.2) is 5.69 Å². The van der Waals surface area contributed by atoms with Gasteiger partial charge in [0.25, 0.3) is 5.91 Å². The average molecular weight is 301 g/mol. The third-order valence-corrected chi connectivity index (χ3v) is 4.07. The van der Waals surface area contributed by atoms with E-state index in [1.165, 1.54) is 4.88 Å². The van der Waals surface area contributed by atoms with Crippen molar-refractivity contribution in [3.05, 3.63) is 52.4 Å².